The number of rotatable bonds is 4. The fourth-order valence-corrected chi connectivity index (χ4v) is 0.974. The summed E-state index contributed by atoms with van der Waals surface area (Å²) in [7, 11) is 0. The maximum absolute atomic E-state index is 8.45. The molecule has 0 saturated carbocycles. The SMILES string of the molecule is CCCCC(=N/O)/C(I)=N\O. The average Bonchev–Trinajstić information content (AvgIpc) is 2.05. The highest BCUT2D eigenvalue weighted by atomic mass is 127. The second kappa shape index (κ2) is 6.38. The van der Waals surface area contributed by atoms with Crippen molar-refractivity contribution >= 4 is 32.0 Å². The predicted molar refractivity (Wildman–Crippen MR) is 52.0 cm³/mol. The Kier molecular flexibility index (Phi) is 6.19. The minimum atomic E-state index is 0.346. The molecule has 0 heterocycles. The van der Waals surface area contributed by atoms with Crippen molar-refractivity contribution in [3.8, 4) is 0 Å². The highest BCUT2D eigenvalue weighted by molar-refractivity contribution is 14.1. The highest BCUT2D eigenvalue weighted by Crippen LogP contribution is 2.03. The Balaban J connectivity index is 3.98. The highest BCUT2D eigenvalue weighted by Gasteiger charge is 2.05. The molecule has 0 bridgehead atoms. The molecule has 2 N–H and O–H groups in total. The van der Waals surface area contributed by atoms with Crippen LogP contribution in [0.5, 0.6) is 0 Å². The summed E-state index contributed by atoms with van der Waals surface area (Å²) in [5, 5.41) is 22.7. The third kappa shape index (κ3) is 4.18. The fraction of sp³-hybridized carbons (Fsp3) is 0.667. The average molecular weight is 270 g/mol. The monoisotopic (exact) mass is 270 g/mol. The molecule has 0 aromatic heterocycles. The number of oxime groups is 2. The molecule has 0 spiro atoms. The second-order valence-corrected chi connectivity index (χ2v) is 3.06. The van der Waals surface area contributed by atoms with Gasteiger partial charge in [0.1, 0.15) is 5.71 Å². The standard InChI is InChI=1S/C6H11IN2O2/c1-2-3-4-5(8-10)6(7)9-11/h10-11H,2-4H2,1H3/b8-5-,9-6+. The summed E-state index contributed by atoms with van der Waals surface area (Å²) in [4.78, 5) is 0. The van der Waals surface area contributed by atoms with Crippen molar-refractivity contribution in [3.05, 3.63) is 0 Å². The summed E-state index contributed by atoms with van der Waals surface area (Å²) in [6.07, 6.45) is 2.60. The molecular weight excluding hydrogens is 259 g/mol. The van der Waals surface area contributed by atoms with Crippen LogP contribution in [-0.2, 0) is 0 Å². The van der Waals surface area contributed by atoms with Crippen molar-refractivity contribution < 1.29 is 10.4 Å². The van der Waals surface area contributed by atoms with Gasteiger partial charge in [0.15, 0.2) is 3.72 Å². The number of halogens is 1. The van der Waals surface area contributed by atoms with Gasteiger partial charge in [0.2, 0.25) is 0 Å². The van der Waals surface area contributed by atoms with Crippen LogP contribution in [-0.4, -0.2) is 19.8 Å². The van der Waals surface area contributed by atoms with Gasteiger partial charge in [-0.15, -0.1) is 0 Å². The summed E-state index contributed by atoms with van der Waals surface area (Å²) < 4.78 is 0.346. The van der Waals surface area contributed by atoms with E-state index in [4.69, 9.17) is 10.4 Å². The minimum absolute atomic E-state index is 0.346. The van der Waals surface area contributed by atoms with E-state index in [0.717, 1.165) is 12.8 Å². The molecule has 0 aromatic carbocycles. The molecular formula is C6H11IN2O2. The zero-order valence-electron chi connectivity index (χ0n) is 6.29. The molecule has 0 radical (unpaired) electrons. The molecule has 11 heavy (non-hydrogen) atoms. The van der Waals surface area contributed by atoms with Gasteiger partial charge in [0.25, 0.3) is 0 Å². The smallest absolute Gasteiger partial charge is 0.165 e. The summed E-state index contributed by atoms with van der Waals surface area (Å²) in [5.41, 5.74) is 0.440. The van der Waals surface area contributed by atoms with Crippen molar-refractivity contribution in [2.45, 2.75) is 26.2 Å². The summed E-state index contributed by atoms with van der Waals surface area (Å²) >= 11 is 1.82. The molecule has 0 aliphatic rings. The van der Waals surface area contributed by atoms with Gasteiger partial charge in [0, 0.05) is 0 Å². The van der Waals surface area contributed by atoms with E-state index in [1.54, 1.807) is 0 Å². The molecule has 0 unspecified atom stereocenters. The fourth-order valence-electron chi connectivity index (χ4n) is 0.596. The zero-order chi connectivity index (χ0) is 8.69. The Labute approximate surface area is 79.1 Å². The van der Waals surface area contributed by atoms with Crippen LogP contribution >= 0.6 is 22.6 Å². The number of unbranched alkanes of at least 4 members (excludes halogenated alkanes) is 1. The molecule has 0 amide bonds. The van der Waals surface area contributed by atoms with Crippen molar-refractivity contribution in [1.29, 1.82) is 0 Å². The summed E-state index contributed by atoms with van der Waals surface area (Å²) in [6.45, 7) is 2.04. The quantitative estimate of drug-likeness (QED) is 0.356. The van der Waals surface area contributed by atoms with Gasteiger partial charge in [-0.05, 0) is 35.4 Å². The third-order valence-corrected chi connectivity index (χ3v) is 2.05. The molecule has 0 aliphatic carbocycles. The van der Waals surface area contributed by atoms with Gasteiger partial charge in [0.05, 0.1) is 0 Å². The van der Waals surface area contributed by atoms with E-state index in [2.05, 4.69) is 10.3 Å². The predicted octanol–water partition coefficient (Wildman–Crippen LogP) is 2.23. The van der Waals surface area contributed by atoms with Crippen molar-refractivity contribution in [2.75, 3.05) is 0 Å². The largest absolute Gasteiger partial charge is 0.411 e. The van der Waals surface area contributed by atoms with E-state index < -0.39 is 0 Å². The van der Waals surface area contributed by atoms with Gasteiger partial charge in [-0.1, -0.05) is 23.7 Å². The van der Waals surface area contributed by atoms with E-state index in [9.17, 15) is 0 Å². The minimum Gasteiger partial charge on any atom is -0.411 e. The first-order valence-electron chi connectivity index (χ1n) is 3.35. The van der Waals surface area contributed by atoms with Crippen LogP contribution < -0.4 is 0 Å². The Morgan fingerprint density at radius 3 is 2.36 bits per heavy atom. The van der Waals surface area contributed by atoms with Gasteiger partial charge < -0.3 is 10.4 Å². The molecule has 4 nitrogen and oxygen atoms in total. The Bertz CT molecular complexity index is 168. The zero-order valence-corrected chi connectivity index (χ0v) is 8.45. The van der Waals surface area contributed by atoms with Crippen LogP contribution in [0.4, 0.5) is 0 Å². The van der Waals surface area contributed by atoms with Crippen molar-refractivity contribution in [3.63, 3.8) is 0 Å². The lowest BCUT2D eigenvalue weighted by Gasteiger charge is -1.97. The van der Waals surface area contributed by atoms with Crippen molar-refractivity contribution in [2.24, 2.45) is 10.3 Å². The van der Waals surface area contributed by atoms with Crippen molar-refractivity contribution in [1.82, 2.24) is 0 Å². The topological polar surface area (TPSA) is 65.2 Å². The van der Waals surface area contributed by atoms with E-state index >= 15 is 0 Å². The van der Waals surface area contributed by atoms with Crippen LogP contribution in [0.25, 0.3) is 0 Å². The molecule has 64 valence electrons. The lowest BCUT2D eigenvalue weighted by atomic mass is 10.2. The number of hydrogen-bond donors (Lipinski definition) is 2. The first kappa shape index (κ1) is 10.7. The van der Waals surface area contributed by atoms with Gasteiger partial charge in [-0.3, -0.25) is 0 Å². The lowest BCUT2D eigenvalue weighted by molar-refractivity contribution is 0.314. The normalized spacial score (nSPS) is 13.6. The van der Waals surface area contributed by atoms with E-state index in [0.29, 0.717) is 15.9 Å². The third-order valence-electron chi connectivity index (χ3n) is 1.21. The molecule has 0 aromatic rings. The van der Waals surface area contributed by atoms with Crippen LogP contribution in [0.3, 0.4) is 0 Å². The molecule has 5 heteroatoms. The molecule has 0 rings (SSSR count). The maximum Gasteiger partial charge on any atom is 0.165 e. The van der Waals surface area contributed by atoms with Crippen LogP contribution in [0.15, 0.2) is 10.3 Å². The summed E-state index contributed by atoms with van der Waals surface area (Å²) in [6, 6.07) is 0. The van der Waals surface area contributed by atoms with Crippen LogP contribution in [0, 0.1) is 0 Å². The first-order chi connectivity index (χ1) is 5.26. The molecule has 0 atom stereocenters. The Morgan fingerprint density at radius 2 is 2.00 bits per heavy atom. The van der Waals surface area contributed by atoms with Crippen LogP contribution in [0.2, 0.25) is 0 Å². The Morgan fingerprint density at radius 1 is 1.36 bits per heavy atom. The van der Waals surface area contributed by atoms with E-state index in [1.165, 1.54) is 0 Å². The van der Waals surface area contributed by atoms with Gasteiger partial charge in [-0.25, -0.2) is 0 Å². The molecule has 0 saturated heterocycles. The second-order valence-electron chi connectivity index (χ2n) is 2.04. The Hall–Kier alpha value is -0.330. The van der Waals surface area contributed by atoms with E-state index in [-0.39, 0.29) is 0 Å². The molecule has 0 fully saturated rings. The summed E-state index contributed by atoms with van der Waals surface area (Å²) in [5.74, 6) is 0. The number of hydrogen-bond acceptors (Lipinski definition) is 4. The maximum atomic E-state index is 8.45. The number of nitrogens with zero attached hydrogens (tertiary/aromatic N) is 2. The van der Waals surface area contributed by atoms with Gasteiger partial charge in [-0.2, -0.15) is 0 Å². The van der Waals surface area contributed by atoms with Gasteiger partial charge >= 0.3 is 0 Å². The van der Waals surface area contributed by atoms with E-state index in [1.807, 2.05) is 29.5 Å². The van der Waals surface area contributed by atoms with Crippen LogP contribution in [0.1, 0.15) is 26.2 Å². The first-order valence-corrected chi connectivity index (χ1v) is 4.43. The molecule has 0 aliphatic heterocycles. The lowest BCUT2D eigenvalue weighted by Crippen LogP contribution is -2.07.